The lowest BCUT2D eigenvalue weighted by atomic mass is 10.2. The highest BCUT2D eigenvalue weighted by atomic mass is 16.6. The molecule has 0 bridgehead atoms. The van der Waals surface area contributed by atoms with Crippen LogP contribution in [0.4, 0.5) is 5.69 Å². The number of rotatable bonds is 1. The van der Waals surface area contributed by atoms with Gasteiger partial charge in [0.2, 0.25) is 0 Å². The van der Waals surface area contributed by atoms with Crippen molar-refractivity contribution in [3.8, 4) is 0 Å². The van der Waals surface area contributed by atoms with E-state index in [0.29, 0.717) is 16.6 Å². The van der Waals surface area contributed by atoms with E-state index < -0.39 is 4.92 Å². The van der Waals surface area contributed by atoms with E-state index in [-0.39, 0.29) is 5.69 Å². The smallest absolute Gasteiger partial charge is 0.274 e. The molecule has 6 nitrogen and oxygen atoms in total. The molecule has 0 atom stereocenters. The molecule has 14 heavy (non-hydrogen) atoms. The molecule has 1 N–H and O–H groups in total. The standard InChI is InChI=1S/C8H7N3O3/c1-5-2-6-8(10(12)4-9-6)3-7(5)11(13)14/h2-4,12H,1H3. The van der Waals surface area contributed by atoms with E-state index in [1.165, 1.54) is 12.4 Å². The summed E-state index contributed by atoms with van der Waals surface area (Å²) in [5.74, 6) is 0. The fraction of sp³-hybridized carbons (Fsp3) is 0.125. The normalized spacial score (nSPS) is 10.6. The van der Waals surface area contributed by atoms with Crippen LogP contribution in [-0.4, -0.2) is 19.8 Å². The topological polar surface area (TPSA) is 81.2 Å². The molecule has 1 aromatic carbocycles. The predicted octanol–water partition coefficient (Wildman–Crippen LogP) is 1.49. The molecule has 1 aromatic heterocycles. The van der Waals surface area contributed by atoms with Crippen LogP contribution in [0.3, 0.4) is 0 Å². The van der Waals surface area contributed by atoms with Crippen molar-refractivity contribution in [2.24, 2.45) is 0 Å². The number of hydrogen-bond donors (Lipinski definition) is 1. The maximum Gasteiger partial charge on any atom is 0.274 e. The van der Waals surface area contributed by atoms with Crippen molar-refractivity contribution in [3.05, 3.63) is 34.1 Å². The van der Waals surface area contributed by atoms with Crippen molar-refractivity contribution in [1.82, 2.24) is 9.71 Å². The molecule has 0 amide bonds. The van der Waals surface area contributed by atoms with Crippen LogP contribution in [0.1, 0.15) is 5.56 Å². The van der Waals surface area contributed by atoms with Crippen LogP contribution >= 0.6 is 0 Å². The Balaban J connectivity index is 2.80. The SMILES string of the molecule is Cc1cc2ncn(O)c2cc1[N+](=O)[O-]. The lowest BCUT2D eigenvalue weighted by Gasteiger charge is -1.97. The van der Waals surface area contributed by atoms with Crippen LogP contribution in [-0.2, 0) is 0 Å². The summed E-state index contributed by atoms with van der Waals surface area (Å²) >= 11 is 0. The molecule has 0 saturated heterocycles. The summed E-state index contributed by atoms with van der Waals surface area (Å²) in [7, 11) is 0. The quantitative estimate of drug-likeness (QED) is 0.422. The summed E-state index contributed by atoms with van der Waals surface area (Å²) in [5, 5.41) is 19.8. The van der Waals surface area contributed by atoms with Crippen molar-refractivity contribution in [1.29, 1.82) is 0 Å². The molecular formula is C8H7N3O3. The average Bonchev–Trinajstić information content (AvgIpc) is 2.46. The molecule has 0 aliphatic carbocycles. The molecule has 1 heterocycles. The number of benzene rings is 1. The van der Waals surface area contributed by atoms with Gasteiger partial charge in [0.15, 0.2) is 0 Å². The van der Waals surface area contributed by atoms with Crippen LogP contribution in [0.25, 0.3) is 11.0 Å². The number of hydrogen-bond acceptors (Lipinski definition) is 4. The van der Waals surface area contributed by atoms with Crippen molar-refractivity contribution in [2.75, 3.05) is 0 Å². The zero-order valence-electron chi connectivity index (χ0n) is 7.34. The summed E-state index contributed by atoms with van der Waals surface area (Å²) in [6, 6.07) is 2.87. The molecule has 0 unspecified atom stereocenters. The molecule has 0 saturated carbocycles. The van der Waals surface area contributed by atoms with Crippen LogP contribution in [0.2, 0.25) is 0 Å². The molecule has 2 aromatic rings. The van der Waals surface area contributed by atoms with Crippen molar-refractivity contribution in [3.63, 3.8) is 0 Å². The van der Waals surface area contributed by atoms with E-state index in [9.17, 15) is 15.3 Å². The fourth-order valence-corrected chi connectivity index (χ4v) is 1.33. The maximum absolute atomic E-state index is 10.6. The Morgan fingerprint density at radius 1 is 1.57 bits per heavy atom. The Labute approximate surface area is 78.5 Å². The molecule has 0 fully saturated rings. The highest BCUT2D eigenvalue weighted by molar-refractivity contribution is 5.79. The second kappa shape index (κ2) is 2.69. The third kappa shape index (κ3) is 1.08. The third-order valence-corrected chi connectivity index (χ3v) is 2.04. The molecule has 0 spiro atoms. The minimum Gasteiger partial charge on any atom is -0.427 e. The second-order valence-corrected chi connectivity index (χ2v) is 2.97. The molecule has 0 aliphatic heterocycles. The van der Waals surface area contributed by atoms with Crippen molar-refractivity contribution < 1.29 is 10.1 Å². The lowest BCUT2D eigenvalue weighted by Crippen LogP contribution is -1.93. The van der Waals surface area contributed by atoms with Gasteiger partial charge in [-0.2, -0.15) is 4.73 Å². The average molecular weight is 193 g/mol. The first-order chi connectivity index (χ1) is 6.59. The predicted molar refractivity (Wildman–Crippen MR) is 48.3 cm³/mol. The number of nitro benzene ring substituents is 1. The van der Waals surface area contributed by atoms with E-state index >= 15 is 0 Å². The van der Waals surface area contributed by atoms with Gasteiger partial charge in [-0.25, -0.2) is 4.98 Å². The Morgan fingerprint density at radius 3 is 2.93 bits per heavy atom. The highest BCUT2D eigenvalue weighted by Gasteiger charge is 2.14. The van der Waals surface area contributed by atoms with Crippen molar-refractivity contribution >= 4 is 16.7 Å². The van der Waals surface area contributed by atoms with E-state index in [1.54, 1.807) is 13.0 Å². The fourth-order valence-electron chi connectivity index (χ4n) is 1.33. The Hall–Kier alpha value is -2.11. The highest BCUT2D eigenvalue weighted by Crippen LogP contribution is 2.23. The van der Waals surface area contributed by atoms with E-state index in [4.69, 9.17) is 0 Å². The van der Waals surface area contributed by atoms with Gasteiger partial charge in [0, 0.05) is 11.6 Å². The van der Waals surface area contributed by atoms with Crippen LogP contribution in [0.5, 0.6) is 0 Å². The Morgan fingerprint density at radius 2 is 2.29 bits per heavy atom. The first-order valence-electron chi connectivity index (χ1n) is 3.91. The minimum absolute atomic E-state index is 0.0201. The van der Waals surface area contributed by atoms with Crippen molar-refractivity contribution in [2.45, 2.75) is 6.92 Å². The van der Waals surface area contributed by atoms with Gasteiger partial charge in [-0.15, -0.1) is 0 Å². The van der Waals surface area contributed by atoms with E-state index in [2.05, 4.69) is 4.98 Å². The number of imidazole rings is 1. The molecule has 0 aliphatic rings. The summed E-state index contributed by atoms with van der Waals surface area (Å²) < 4.78 is 0.766. The molecule has 0 radical (unpaired) electrons. The molecule has 2 rings (SSSR count). The van der Waals surface area contributed by atoms with Gasteiger partial charge in [-0.05, 0) is 13.0 Å². The largest absolute Gasteiger partial charge is 0.427 e. The molecular weight excluding hydrogens is 186 g/mol. The van der Waals surface area contributed by atoms with E-state index in [1.807, 2.05) is 0 Å². The van der Waals surface area contributed by atoms with Crippen LogP contribution < -0.4 is 0 Å². The van der Waals surface area contributed by atoms with Gasteiger partial charge >= 0.3 is 0 Å². The first-order valence-corrected chi connectivity index (χ1v) is 3.91. The van der Waals surface area contributed by atoms with Crippen LogP contribution in [0, 0.1) is 17.0 Å². The Kier molecular flexibility index (Phi) is 1.63. The van der Waals surface area contributed by atoms with Gasteiger partial charge in [-0.1, -0.05) is 0 Å². The molecule has 72 valence electrons. The Bertz CT molecular complexity index is 518. The number of aryl methyl sites for hydroxylation is 1. The summed E-state index contributed by atoms with van der Waals surface area (Å²) in [6.45, 7) is 1.63. The van der Waals surface area contributed by atoms with Crippen LogP contribution in [0.15, 0.2) is 18.5 Å². The minimum atomic E-state index is -0.484. The summed E-state index contributed by atoms with van der Waals surface area (Å²) in [6.07, 6.45) is 1.20. The van der Waals surface area contributed by atoms with Gasteiger partial charge in [0.25, 0.3) is 5.69 Å². The molecule has 6 heteroatoms. The zero-order chi connectivity index (χ0) is 10.3. The third-order valence-electron chi connectivity index (χ3n) is 2.04. The summed E-state index contributed by atoms with van der Waals surface area (Å²) in [4.78, 5) is 14.0. The van der Waals surface area contributed by atoms with E-state index in [0.717, 1.165) is 4.73 Å². The number of nitrogens with zero attached hydrogens (tertiary/aromatic N) is 3. The maximum atomic E-state index is 10.6. The second-order valence-electron chi connectivity index (χ2n) is 2.97. The van der Waals surface area contributed by atoms with Gasteiger partial charge < -0.3 is 5.21 Å². The number of aromatic nitrogens is 2. The van der Waals surface area contributed by atoms with Gasteiger partial charge in [0.1, 0.15) is 11.8 Å². The lowest BCUT2D eigenvalue weighted by molar-refractivity contribution is -0.385. The monoisotopic (exact) mass is 193 g/mol. The van der Waals surface area contributed by atoms with Gasteiger partial charge in [-0.3, -0.25) is 10.1 Å². The zero-order valence-corrected chi connectivity index (χ0v) is 7.34. The number of nitro groups is 1. The number of fused-ring (bicyclic) bond motifs is 1. The summed E-state index contributed by atoms with van der Waals surface area (Å²) in [5.41, 5.74) is 1.38. The van der Waals surface area contributed by atoms with Gasteiger partial charge in [0.05, 0.1) is 10.4 Å². The first kappa shape index (κ1) is 8.49.